The maximum absolute atomic E-state index is 12.4. The van der Waals surface area contributed by atoms with Gasteiger partial charge in [0.15, 0.2) is 10.9 Å². The number of aliphatic carboxylic acids is 1. The zero-order chi connectivity index (χ0) is 12.3. The monoisotopic (exact) mass is 251 g/mol. The molecule has 0 saturated carbocycles. The van der Waals surface area contributed by atoms with Crippen molar-refractivity contribution in [3.8, 4) is 5.75 Å². The summed E-state index contributed by atoms with van der Waals surface area (Å²) in [4.78, 5) is 13.9. The van der Waals surface area contributed by atoms with Gasteiger partial charge in [0, 0.05) is 5.56 Å². The third kappa shape index (κ3) is 2.79. The predicted molar refractivity (Wildman–Crippen MR) is 52.1 cm³/mol. The molecule has 16 heavy (non-hydrogen) atoms. The van der Waals surface area contributed by atoms with Crippen LogP contribution in [-0.2, 0) is 11.2 Å². The molecule has 0 bridgehead atoms. The van der Waals surface area contributed by atoms with Crippen LogP contribution in [-0.4, -0.2) is 23.2 Å². The van der Waals surface area contributed by atoms with Gasteiger partial charge in [0.05, 0.1) is 13.5 Å². The number of aromatic nitrogens is 1. The van der Waals surface area contributed by atoms with Crippen molar-refractivity contribution in [1.82, 2.24) is 4.98 Å². The first-order valence-corrected chi connectivity index (χ1v) is 4.56. The quantitative estimate of drug-likeness (QED) is 0.834. The van der Waals surface area contributed by atoms with Crippen LogP contribution >= 0.6 is 11.6 Å². The van der Waals surface area contributed by atoms with E-state index in [-0.39, 0.29) is 16.5 Å². The summed E-state index contributed by atoms with van der Waals surface area (Å²) in [6, 6.07) is 0.976. The number of pyridine rings is 1. The fourth-order valence-electron chi connectivity index (χ4n) is 1.19. The van der Waals surface area contributed by atoms with E-state index in [4.69, 9.17) is 21.4 Å². The van der Waals surface area contributed by atoms with Gasteiger partial charge in [-0.3, -0.25) is 4.79 Å². The van der Waals surface area contributed by atoms with E-state index >= 15 is 0 Å². The number of carboxylic acids is 1. The number of rotatable bonds is 4. The smallest absolute Gasteiger partial charge is 0.307 e. The fraction of sp³-hybridized carbons (Fsp3) is 0.333. The summed E-state index contributed by atoms with van der Waals surface area (Å²) in [7, 11) is 1.26. The molecular formula is C9H8ClF2NO3. The molecule has 0 amide bonds. The van der Waals surface area contributed by atoms with Gasteiger partial charge in [-0.2, -0.15) is 0 Å². The second-order valence-corrected chi connectivity index (χ2v) is 3.26. The van der Waals surface area contributed by atoms with Crippen molar-refractivity contribution >= 4 is 17.6 Å². The van der Waals surface area contributed by atoms with Crippen LogP contribution < -0.4 is 4.74 Å². The summed E-state index contributed by atoms with van der Waals surface area (Å²) in [5.41, 5.74) is -0.493. The van der Waals surface area contributed by atoms with Gasteiger partial charge in [-0.15, -0.1) is 0 Å². The SMILES string of the molecule is COc1c(CC(=O)O)cc(C(F)F)nc1Cl. The predicted octanol–water partition coefficient (Wildman–Crippen LogP) is 2.31. The van der Waals surface area contributed by atoms with Crippen molar-refractivity contribution < 1.29 is 23.4 Å². The average molecular weight is 252 g/mol. The lowest BCUT2D eigenvalue weighted by Gasteiger charge is -2.10. The van der Waals surface area contributed by atoms with Crippen LogP contribution in [0.3, 0.4) is 0 Å². The normalized spacial score (nSPS) is 10.6. The zero-order valence-corrected chi connectivity index (χ0v) is 8.96. The molecule has 0 fully saturated rings. The minimum absolute atomic E-state index is 0.00784. The Kier molecular flexibility index (Phi) is 4.00. The Bertz CT molecular complexity index is 412. The van der Waals surface area contributed by atoms with E-state index < -0.39 is 24.5 Å². The second kappa shape index (κ2) is 5.07. The van der Waals surface area contributed by atoms with Crippen LogP contribution in [0.1, 0.15) is 17.7 Å². The summed E-state index contributed by atoms with van der Waals surface area (Å²) in [6.45, 7) is 0. The van der Waals surface area contributed by atoms with E-state index in [9.17, 15) is 13.6 Å². The van der Waals surface area contributed by atoms with Gasteiger partial charge in [0.25, 0.3) is 6.43 Å². The van der Waals surface area contributed by atoms with Crippen LogP contribution in [0.5, 0.6) is 5.75 Å². The van der Waals surface area contributed by atoms with Crippen molar-refractivity contribution in [2.24, 2.45) is 0 Å². The molecule has 1 N–H and O–H groups in total. The minimum atomic E-state index is -2.81. The van der Waals surface area contributed by atoms with Gasteiger partial charge >= 0.3 is 5.97 Å². The molecule has 0 spiro atoms. The summed E-state index contributed by atoms with van der Waals surface area (Å²) >= 11 is 5.60. The molecule has 7 heteroatoms. The number of halogens is 3. The Labute approximate surface area is 94.8 Å². The lowest BCUT2D eigenvalue weighted by Crippen LogP contribution is -2.05. The number of methoxy groups -OCH3 is 1. The largest absolute Gasteiger partial charge is 0.493 e. The summed E-state index contributed by atoms with van der Waals surface area (Å²) in [5, 5.41) is 8.33. The standard InChI is InChI=1S/C9H8ClF2NO3/c1-16-7-4(3-6(14)15)2-5(9(11)12)13-8(7)10/h2,9H,3H2,1H3,(H,14,15). The number of carbonyl (C=O) groups is 1. The van der Waals surface area contributed by atoms with Gasteiger partial charge < -0.3 is 9.84 Å². The molecule has 1 rings (SSSR count). The third-order valence-corrected chi connectivity index (χ3v) is 2.05. The molecule has 0 atom stereocenters. The van der Waals surface area contributed by atoms with Crippen molar-refractivity contribution in [1.29, 1.82) is 0 Å². The van der Waals surface area contributed by atoms with E-state index in [2.05, 4.69) is 4.98 Å². The first-order valence-electron chi connectivity index (χ1n) is 4.19. The molecule has 0 aromatic carbocycles. The molecule has 0 saturated heterocycles. The highest BCUT2D eigenvalue weighted by atomic mass is 35.5. The number of hydrogen-bond donors (Lipinski definition) is 1. The number of carboxylic acid groups (broad SMARTS) is 1. The molecule has 0 aliphatic heterocycles. The molecule has 0 unspecified atom stereocenters. The van der Waals surface area contributed by atoms with Crippen LogP contribution in [0.2, 0.25) is 5.15 Å². The zero-order valence-electron chi connectivity index (χ0n) is 8.21. The Morgan fingerprint density at radius 3 is 2.75 bits per heavy atom. The maximum Gasteiger partial charge on any atom is 0.307 e. The molecule has 4 nitrogen and oxygen atoms in total. The molecule has 1 heterocycles. The molecule has 0 radical (unpaired) electrons. The fourth-order valence-corrected chi connectivity index (χ4v) is 1.49. The molecule has 1 aromatic rings. The first kappa shape index (κ1) is 12.6. The molecule has 88 valence electrons. The van der Waals surface area contributed by atoms with Crippen LogP contribution in [0, 0.1) is 0 Å². The number of nitrogens with zero attached hydrogens (tertiary/aromatic N) is 1. The second-order valence-electron chi connectivity index (χ2n) is 2.90. The van der Waals surface area contributed by atoms with Crippen LogP contribution in [0.15, 0.2) is 6.07 Å². The van der Waals surface area contributed by atoms with E-state index in [1.54, 1.807) is 0 Å². The highest BCUT2D eigenvalue weighted by Gasteiger charge is 2.18. The van der Waals surface area contributed by atoms with E-state index in [0.29, 0.717) is 0 Å². The molecule has 1 aromatic heterocycles. The Morgan fingerprint density at radius 1 is 1.69 bits per heavy atom. The van der Waals surface area contributed by atoms with Gasteiger partial charge in [0.1, 0.15) is 5.69 Å². The highest BCUT2D eigenvalue weighted by molar-refractivity contribution is 6.31. The van der Waals surface area contributed by atoms with Crippen molar-refractivity contribution in [3.63, 3.8) is 0 Å². The van der Waals surface area contributed by atoms with E-state index in [0.717, 1.165) is 6.07 Å². The van der Waals surface area contributed by atoms with E-state index in [1.165, 1.54) is 7.11 Å². The Morgan fingerprint density at radius 2 is 2.31 bits per heavy atom. The number of alkyl halides is 2. The molecule has 0 aliphatic carbocycles. The average Bonchev–Trinajstić information content (AvgIpc) is 2.16. The van der Waals surface area contributed by atoms with Crippen molar-refractivity contribution in [2.45, 2.75) is 12.8 Å². The number of hydrogen-bond acceptors (Lipinski definition) is 3. The van der Waals surface area contributed by atoms with Crippen LogP contribution in [0.25, 0.3) is 0 Å². The third-order valence-electron chi connectivity index (χ3n) is 1.80. The van der Waals surface area contributed by atoms with E-state index in [1.807, 2.05) is 0 Å². The summed E-state index contributed by atoms with van der Waals surface area (Å²) in [6.07, 6.45) is -3.26. The summed E-state index contributed by atoms with van der Waals surface area (Å²) < 4.78 is 29.6. The molecule has 0 aliphatic rings. The maximum atomic E-state index is 12.4. The van der Waals surface area contributed by atoms with Gasteiger partial charge in [-0.1, -0.05) is 11.6 Å². The van der Waals surface area contributed by atoms with Crippen LogP contribution in [0.4, 0.5) is 8.78 Å². The summed E-state index contributed by atoms with van der Waals surface area (Å²) in [5.74, 6) is -1.16. The molecular weight excluding hydrogens is 244 g/mol. The number of ether oxygens (including phenoxy) is 1. The van der Waals surface area contributed by atoms with Crippen molar-refractivity contribution in [3.05, 3.63) is 22.5 Å². The Hall–Kier alpha value is -1.43. The van der Waals surface area contributed by atoms with Gasteiger partial charge in [-0.25, -0.2) is 13.8 Å². The minimum Gasteiger partial charge on any atom is -0.493 e. The lowest BCUT2D eigenvalue weighted by molar-refractivity contribution is -0.136. The van der Waals surface area contributed by atoms with Gasteiger partial charge in [0.2, 0.25) is 0 Å². The lowest BCUT2D eigenvalue weighted by atomic mass is 10.1. The topological polar surface area (TPSA) is 59.4 Å². The highest BCUT2D eigenvalue weighted by Crippen LogP contribution is 2.31. The first-order chi connectivity index (χ1) is 7.45. The van der Waals surface area contributed by atoms with Crippen molar-refractivity contribution in [2.75, 3.05) is 7.11 Å². The van der Waals surface area contributed by atoms with Gasteiger partial charge in [-0.05, 0) is 6.07 Å². The Balaban J connectivity index is 3.24.